The van der Waals surface area contributed by atoms with Gasteiger partial charge in [0, 0.05) is 26.2 Å². The molecule has 3 amide bonds. The first-order valence-corrected chi connectivity index (χ1v) is 9.23. The van der Waals surface area contributed by atoms with E-state index in [9.17, 15) is 14.4 Å². The average molecular weight is 384 g/mol. The van der Waals surface area contributed by atoms with Gasteiger partial charge in [0.2, 0.25) is 17.7 Å². The third kappa shape index (κ3) is 4.98. The molecule has 1 heterocycles. The van der Waals surface area contributed by atoms with Crippen molar-refractivity contribution in [1.82, 2.24) is 15.2 Å². The minimum atomic E-state index is -0.519. The van der Waals surface area contributed by atoms with Crippen molar-refractivity contribution in [2.45, 2.75) is 12.8 Å². The van der Waals surface area contributed by atoms with Crippen molar-refractivity contribution in [3.63, 3.8) is 0 Å². The number of hydrazine groups is 1. The molecule has 2 aromatic carbocycles. The predicted octanol–water partition coefficient (Wildman–Crippen LogP) is 0.660. The Hall–Kier alpha value is -3.13. The van der Waals surface area contributed by atoms with Gasteiger partial charge in [-0.3, -0.25) is 19.8 Å². The highest BCUT2D eigenvalue weighted by molar-refractivity contribution is 5.96. The third-order valence-corrected chi connectivity index (χ3v) is 4.76. The zero-order valence-electron chi connectivity index (χ0n) is 15.6. The number of nitrogens with two attached hydrogens (primary N) is 1. The van der Waals surface area contributed by atoms with E-state index in [1.54, 1.807) is 9.80 Å². The summed E-state index contributed by atoms with van der Waals surface area (Å²) in [7, 11) is 0. The van der Waals surface area contributed by atoms with Crippen LogP contribution in [-0.2, 0) is 14.4 Å². The quantitative estimate of drug-likeness (QED) is 0.329. The van der Waals surface area contributed by atoms with Gasteiger partial charge in [-0.1, -0.05) is 30.3 Å². The molecule has 0 saturated carbocycles. The zero-order chi connectivity index (χ0) is 19.9. The van der Waals surface area contributed by atoms with Crippen LogP contribution in [0.2, 0.25) is 0 Å². The normalized spacial score (nSPS) is 14.0. The lowest BCUT2D eigenvalue weighted by Gasteiger charge is -2.34. The van der Waals surface area contributed by atoms with Crippen molar-refractivity contribution in [2.24, 2.45) is 5.84 Å². The second-order valence-electron chi connectivity index (χ2n) is 6.61. The van der Waals surface area contributed by atoms with Crippen molar-refractivity contribution < 1.29 is 19.1 Å². The largest absolute Gasteiger partial charge is 0.493 e. The monoisotopic (exact) mass is 384 g/mol. The van der Waals surface area contributed by atoms with Crippen LogP contribution in [-0.4, -0.2) is 60.3 Å². The summed E-state index contributed by atoms with van der Waals surface area (Å²) in [5.41, 5.74) is 1.94. The fraction of sp³-hybridized carbons (Fsp3) is 0.350. The molecule has 0 unspecified atom stereocenters. The lowest BCUT2D eigenvalue weighted by Crippen LogP contribution is -2.51. The van der Waals surface area contributed by atoms with Gasteiger partial charge in [0.25, 0.3) is 0 Å². The van der Waals surface area contributed by atoms with Crippen LogP contribution >= 0.6 is 0 Å². The van der Waals surface area contributed by atoms with E-state index in [1.165, 1.54) is 0 Å². The lowest BCUT2D eigenvalue weighted by atomic mass is 10.1. The number of ether oxygens (including phenoxy) is 1. The van der Waals surface area contributed by atoms with Gasteiger partial charge in [-0.25, -0.2) is 5.84 Å². The average Bonchev–Trinajstić information content (AvgIpc) is 2.73. The van der Waals surface area contributed by atoms with E-state index in [4.69, 9.17) is 10.6 Å². The molecule has 1 aliphatic rings. The Balaban J connectivity index is 1.42. The summed E-state index contributed by atoms with van der Waals surface area (Å²) in [4.78, 5) is 38.8. The third-order valence-electron chi connectivity index (χ3n) is 4.76. The molecule has 28 heavy (non-hydrogen) atoms. The standard InChI is InChI=1S/C20H24N4O4/c21-22-18(25)14-20(27)24-10-8-23(9-11-24)19(26)7-12-28-17-6-5-15-3-1-2-4-16(15)13-17/h1-6,13H,7-12,14,21H2,(H,22,25). The maximum absolute atomic E-state index is 12.4. The van der Waals surface area contributed by atoms with Gasteiger partial charge >= 0.3 is 0 Å². The molecule has 1 aliphatic heterocycles. The molecule has 148 valence electrons. The van der Waals surface area contributed by atoms with Crippen LogP contribution in [0.15, 0.2) is 42.5 Å². The van der Waals surface area contributed by atoms with Gasteiger partial charge in [-0.2, -0.15) is 0 Å². The fourth-order valence-corrected chi connectivity index (χ4v) is 3.18. The van der Waals surface area contributed by atoms with E-state index < -0.39 is 5.91 Å². The Morgan fingerprint density at radius 2 is 1.57 bits per heavy atom. The van der Waals surface area contributed by atoms with E-state index in [-0.39, 0.29) is 24.7 Å². The summed E-state index contributed by atoms with van der Waals surface area (Å²) < 4.78 is 5.72. The molecule has 1 fully saturated rings. The molecule has 0 spiro atoms. The number of hydrogen-bond donors (Lipinski definition) is 2. The maximum Gasteiger partial charge on any atom is 0.243 e. The maximum atomic E-state index is 12.4. The van der Waals surface area contributed by atoms with Crippen molar-refractivity contribution in [2.75, 3.05) is 32.8 Å². The van der Waals surface area contributed by atoms with Crippen LogP contribution in [0, 0.1) is 0 Å². The summed E-state index contributed by atoms with van der Waals surface area (Å²) in [6.45, 7) is 2.02. The summed E-state index contributed by atoms with van der Waals surface area (Å²) in [5, 5.41) is 2.23. The molecule has 3 rings (SSSR count). The van der Waals surface area contributed by atoms with Crippen LogP contribution < -0.4 is 16.0 Å². The SMILES string of the molecule is NNC(=O)CC(=O)N1CCN(C(=O)CCOc2ccc3ccccc3c2)CC1. The first-order chi connectivity index (χ1) is 13.6. The number of amides is 3. The number of fused-ring (bicyclic) bond motifs is 1. The van der Waals surface area contributed by atoms with Crippen molar-refractivity contribution >= 4 is 28.5 Å². The molecular formula is C20H24N4O4. The Bertz CT molecular complexity index is 862. The van der Waals surface area contributed by atoms with Gasteiger partial charge in [0.05, 0.1) is 13.0 Å². The number of hydrogen-bond acceptors (Lipinski definition) is 5. The van der Waals surface area contributed by atoms with Crippen LogP contribution in [0.1, 0.15) is 12.8 Å². The first-order valence-electron chi connectivity index (χ1n) is 9.23. The molecule has 8 nitrogen and oxygen atoms in total. The molecule has 0 bridgehead atoms. The molecule has 0 aliphatic carbocycles. The Morgan fingerprint density at radius 3 is 2.25 bits per heavy atom. The number of nitrogens with zero attached hydrogens (tertiary/aromatic N) is 2. The molecule has 3 N–H and O–H groups in total. The minimum Gasteiger partial charge on any atom is -0.493 e. The van der Waals surface area contributed by atoms with Gasteiger partial charge in [0.1, 0.15) is 12.2 Å². The molecule has 0 atom stereocenters. The lowest BCUT2D eigenvalue weighted by molar-refractivity contribution is -0.142. The second-order valence-corrected chi connectivity index (χ2v) is 6.61. The first kappa shape index (κ1) is 19.6. The van der Waals surface area contributed by atoms with Crippen molar-refractivity contribution in [3.8, 4) is 5.75 Å². The number of piperazine rings is 1. The Morgan fingerprint density at radius 1 is 0.929 bits per heavy atom. The van der Waals surface area contributed by atoms with Gasteiger partial charge in [0.15, 0.2) is 0 Å². The van der Waals surface area contributed by atoms with E-state index in [0.29, 0.717) is 32.8 Å². The van der Waals surface area contributed by atoms with Crippen LogP contribution in [0.25, 0.3) is 10.8 Å². The van der Waals surface area contributed by atoms with Crippen molar-refractivity contribution in [1.29, 1.82) is 0 Å². The zero-order valence-corrected chi connectivity index (χ0v) is 15.6. The number of carbonyl (C=O) groups is 3. The molecule has 1 saturated heterocycles. The molecule has 8 heteroatoms. The highest BCUT2D eigenvalue weighted by atomic mass is 16.5. The molecule has 0 aromatic heterocycles. The smallest absolute Gasteiger partial charge is 0.243 e. The summed E-state index contributed by atoms with van der Waals surface area (Å²) in [6.07, 6.45) is 0.000394. The number of nitrogens with one attached hydrogen (secondary N) is 1. The minimum absolute atomic E-state index is 0.00686. The summed E-state index contributed by atoms with van der Waals surface area (Å²) >= 11 is 0. The topological polar surface area (TPSA) is 105 Å². The number of benzene rings is 2. The van der Waals surface area contributed by atoms with Gasteiger partial charge in [-0.05, 0) is 22.9 Å². The van der Waals surface area contributed by atoms with Crippen molar-refractivity contribution in [3.05, 3.63) is 42.5 Å². The second kappa shape index (κ2) is 9.18. The molecular weight excluding hydrogens is 360 g/mol. The number of rotatable bonds is 6. The number of carbonyl (C=O) groups excluding carboxylic acids is 3. The predicted molar refractivity (Wildman–Crippen MR) is 104 cm³/mol. The van der Waals surface area contributed by atoms with Crippen LogP contribution in [0.4, 0.5) is 0 Å². The van der Waals surface area contributed by atoms with Crippen LogP contribution in [0.5, 0.6) is 5.75 Å². The van der Waals surface area contributed by atoms with Gasteiger partial charge < -0.3 is 14.5 Å². The molecule has 2 aromatic rings. The Labute approximate surface area is 163 Å². The highest BCUT2D eigenvalue weighted by Crippen LogP contribution is 2.20. The Kier molecular flexibility index (Phi) is 6.44. The van der Waals surface area contributed by atoms with E-state index in [1.807, 2.05) is 47.9 Å². The van der Waals surface area contributed by atoms with Crippen LogP contribution in [0.3, 0.4) is 0 Å². The van der Waals surface area contributed by atoms with E-state index in [2.05, 4.69) is 0 Å². The highest BCUT2D eigenvalue weighted by Gasteiger charge is 2.24. The van der Waals surface area contributed by atoms with E-state index >= 15 is 0 Å². The van der Waals surface area contributed by atoms with Gasteiger partial charge in [-0.15, -0.1) is 0 Å². The summed E-state index contributed by atoms with van der Waals surface area (Å²) in [6, 6.07) is 13.9. The fourth-order valence-electron chi connectivity index (χ4n) is 3.18. The molecule has 0 radical (unpaired) electrons. The van der Waals surface area contributed by atoms with E-state index in [0.717, 1.165) is 16.5 Å². The summed E-state index contributed by atoms with van der Waals surface area (Å²) in [5.74, 6) is 4.92.